The van der Waals surface area contributed by atoms with E-state index in [2.05, 4.69) is 31.1 Å². The number of fused-ring (bicyclic) bond motifs is 1. The Morgan fingerprint density at radius 1 is 1.12 bits per heavy atom. The Morgan fingerprint density at radius 3 is 2.31 bits per heavy atom. The predicted octanol–water partition coefficient (Wildman–Crippen LogP) is 7.07. The number of para-hydroxylation sites is 1. The Kier molecular flexibility index (Phi) is 6.09. The van der Waals surface area contributed by atoms with E-state index in [-0.39, 0.29) is 23.0 Å². The van der Waals surface area contributed by atoms with Crippen LogP contribution in [0.3, 0.4) is 0 Å². The number of alkyl halides is 5. The van der Waals surface area contributed by atoms with Crippen LogP contribution in [0.1, 0.15) is 51.8 Å². The summed E-state index contributed by atoms with van der Waals surface area (Å²) in [6.45, 7) is 8.47. The molecule has 0 aliphatic heterocycles. The van der Waals surface area contributed by atoms with Gasteiger partial charge in [0.05, 0.1) is 16.8 Å². The van der Waals surface area contributed by atoms with Crippen LogP contribution < -0.4 is 5.32 Å². The van der Waals surface area contributed by atoms with E-state index in [1.54, 1.807) is 35.6 Å². The molecule has 1 heterocycles. The van der Waals surface area contributed by atoms with E-state index in [0.717, 1.165) is 12.5 Å². The first-order chi connectivity index (χ1) is 11.8. The van der Waals surface area contributed by atoms with E-state index in [1.165, 1.54) is 12.1 Å². The highest BCUT2D eigenvalue weighted by molar-refractivity contribution is 14.1. The fourth-order valence-electron chi connectivity index (χ4n) is 2.56. The summed E-state index contributed by atoms with van der Waals surface area (Å²) in [5.41, 5.74) is -0.510. The summed E-state index contributed by atoms with van der Waals surface area (Å²) < 4.78 is 53.2. The van der Waals surface area contributed by atoms with Gasteiger partial charge in [-0.1, -0.05) is 39.8 Å². The van der Waals surface area contributed by atoms with Gasteiger partial charge in [0, 0.05) is 17.6 Å². The molecule has 0 fully saturated rings. The quantitative estimate of drug-likeness (QED) is 0.280. The van der Waals surface area contributed by atoms with Crippen molar-refractivity contribution in [3.63, 3.8) is 0 Å². The minimum Gasteiger partial charge on any atom is -0.384 e. The Labute approximate surface area is 164 Å². The number of benzene rings is 1. The van der Waals surface area contributed by atoms with Crippen molar-refractivity contribution in [2.24, 2.45) is 5.41 Å². The lowest BCUT2D eigenvalue weighted by molar-refractivity contribution is -0.136. The van der Waals surface area contributed by atoms with E-state index < -0.39 is 15.4 Å². The Balaban J connectivity index is 2.61. The number of hydrogen-bond donors (Lipinski definition) is 1. The van der Waals surface area contributed by atoms with Crippen LogP contribution in [-0.4, -0.2) is 11.5 Å². The zero-order valence-corrected chi connectivity index (χ0v) is 17.4. The molecule has 0 aliphatic carbocycles. The largest absolute Gasteiger partial charge is 0.418 e. The summed E-state index contributed by atoms with van der Waals surface area (Å²) in [5, 5.41) is 3.53. The van der Waals surface area contributed by atoms with Crippen molar-refractivity contribution >= 4 is 39.2 Å². The molecule has 2 nitrogen and oxygen atoms in total. The Morgan fingerprint density at radius 2 is 1.77 bits per heavy atom. The van der Waals surface area contributed by atoms with Crippen LogP contribution in [0, 0.1) is 5.41 Å². The molecule has 0 aliphatic rings. The van der Waals surface area contributed by atoms with Gasteiger partial charge in [-0.2, -0.15) is 13.2 Å². The van der Waals surface area contributed by atoms with E-state index in [9.17, 15) is 17.6 Å². The maximum absolute atomic E-state index is 14.8. The van der Waals surface area contributed by atoms with Gasteiger partial charge < -0.3 is 5.32 Å². The molecule has 0 bridgehead atoms. The number of halogens is 5. The number of hydrogen-bond acceptors (Lipinski definition) is 2. The summed E-state index contributed by atoms with van der Waals surface area (Å²) in [6.07, 6.45) is -3.62. The average Bonchev–Trinajstić information content (AvgIpc) is 2.51. The molecule has 1 N–H and O–H groups in total. The number of aromatic nitrogens is 1. The maximum Gasteiger partial charge on any atom is 0.418 e. The first-order valence-corrected chi connectivity index (χ1v) is 9.56. The third kappa shape index (κ3) is 4.98. The summed E-state index contributed by atoms with van der Waals surface area (Å²) in [5.74, 6) is 0. The van der Waals surface area contributed by atoms with Gasteiger partial charge in [-0.05, 0) is 53.0 Å². The van der Waals surface area contributed by atoms with E-state index >= 15 is 0 Å². The molecule has 1 aromatic carbocycles. The second-order valence-corrected chi connectivity index (χ2v) is 9.26. The molecular formula is C19H23F4IN2. The molecule has 0 amide bonds. The van der Waals surface area contributed by atoms with Crippen LogP contribution in [-0.2, 0) is 9.85 Å². The number of anilines is 1. The first kappa shape index (κ1) is 21.2. The predicted molar refractivity (Wildman–Crippen MR) is 106 cm³/mol. The molecule has 0 spiro atoms. The minimum atomic E-state index is -4.55. The summed E-state index contributed by atoms with van der Waals surface area (Å²) in [6, 6.07) is 5.45. The Hall–Kier alpha value is -1.12. The smallest absolute Gasteiger partial charge is 0.384 e. The van der Waals surface area contributed by atoms with Crippen molar-refractivity contribution in [2.75, 3.05) is 11.9 Å². The van der Waals surface area contributed by atoms with E-state index in [4.69, 9.17) is 0 Å². The van der Waals surface area contributed by atoms with E-state index in [0.29, 0.717) is 17.6 Å². The highest BCUT2D eigenvalue weighted by Gasteiger charge is 2.35. The topological polar surface area (TPSA) is 24.9 Å². The second kappa shape index (κ2) is 7.48. The van der Waals surface area contributed by atoms with Crippen molar-refractivity contribution in [1.82, 2.24) is 4.98 Å². The highest BCUT2D eigenvalue weighted by Crippen LogP contribution is 2.41. The van der Waals surface area contributed by atoms with E-state index in [1.807, 2.05) is 0 Å². The molecule has 1 unspecified atom stereocenters. The van der Waals surface area contributed by atoms with Gasteiger partial charge >= 0.3 is 6.18 Å². The summed E-state index contributed by atoms with van der Waals surface area (Å²) in [4.78, 5) is 4.06. The van der Waals surface area contributed by atoms with Crippen molar-refractivity contribution in [3.8, 4) is 0 Å². The van der Waals surface area contributed by atoms with Gasteiger partial charge in [0.15, 0.2) is 0 Å². The van der Waals surface area contributed by atoms with Crippen molar-refractivity contribution in [1.29, 1.82) is 0 Å². The molecule has 144 valence electrons. The highest BCUT2D eigenvalue weighted by atomic mass is 127. The van der Waals surface area contributed by atoms with Crippen LogP contribution in [0.15, 0.2) is 24.3 Å². The van der Waals surface area contributed by atoms with Crippen LogP contribution >= 0.6 is 22.6 Å². The molecule has 0 saturated carbocycles. The molecule has 26 heavy (non-hydrogen) atoms. The SMILES string of the molecule is CCC(F)(I)c1cc(NCCC(C)(C)C)c2cccc(C(F)(F)F)c2n1. The third-order valence-corrected chi connectivity index (χ3v) is 5.47. The van der Waals surface area contributed by atoms with Gasteiger partial charge in [-0.3, -0.25) is 0 Å². The van der Waals surface area contributed by atoms with Gasteiger partial charge in [0.2, 0.25) is 3.68 Å². The molecule has 2 rings (SSSR count). The summed E-state index contributed by atoms with van der Waals surface area (Å²) >= 11 is 1.60. The third-order valence-electron chi connectivity index (χ3n) is 4.15. The number of nitrogens with zero attached hydrogens (tertiary/aromatic N) is 1. The van der Waals surface area contributed by atoms with Gasteiger partial charge in [0.1, 0.15) is 0 Å². The van der Waals surface area contributed by atoms with Crippen LogP contribution in [0.2, 0.25) is 0 Å². The van der Waals surface area contributed by atoms with Gasteiger partial charge in [-0.15, -0.1) is 0 Å². The zero-order chi connectivity index (χ0) is 19.8. The number of rotatable bonds is 5. The van der Waals surface area contributed by atoms with Crippen LogP contribution in [0.25, 0.3) is 10.9 Å². The van der Waals surface area contributed by atoms with Crippen molar-refractivity contribution in [2.45, 2.75) is 50.4 Å². The maximum atomic E-state index is 14.8. The number of nitrogens with one attached hydrogen (secondary N) is 1. The minimum absolute atomic E-state index is 0.00283. The molecule has 7 heteroatoms. The fraction of sp³-hybridized carbons (Fsp3) is 0.526. The lowest BCUT2D eigenvalue weighted by atomic mass is 9.92. The Bertz CT molecular complexity index is 779. The molecule has 2 aromatic rings. The normalized spacial score (nSPS) is 15.1. The fourth-order valence-corrected chi connectivity index (χ4v) is 2.84. The summed E-state index contributed by atoms with van der Waals surface area (Å²) in [7, 11) is 0. The lowest BCUT2D eigenvalue weighted by Gasteiger charge is -2.22. The number of pyridine rings is 1. The van der Waals surface area contributed by atoms with Crippen LogP contribution in [0.4, 0.5) is 23.2 Å². The van der Waals surface area contributed by atoms with Crippen molar-refractivity contribution in [3.05, 3.63) is 35.5 Å². The first-order valence-electron chi connectivity index (χ1n) is 8.48. The van der Waals surface area contributed by atoms with Gasteiger partial charge in [0.25, 0.3) is 0 Å². The average molecular weight is 482 g/mol. The zero-order valence-electron chi connectivity index (χ0n) is 15.3. The molecular weight excluding hydrogens is 459 g/mol. The lowest BCUT2D eigenvalue weighted by Crippen LogP contribution is -2.16. The molecule has 0 radical (unpaired) electrons. The molecule has 1 aromatic heterocycles. The molecule has 0 saturated heterocycles. The van der Waals surface area contributed by atoms with Crippen LogP contribution in [0.5, 0.6) is 0 Å². The monoisotopic (exact) mass is 482 g/mol. The van der Waals surface area contributed by atoms with Crippen molar-refractivity contribution < 1.29 is 17.6 Å². The standard InChI is InChI=1S/C19H23F4IN2/c1-5-18(20,24)15-11-14(25-10-9-17(2,3)4)12-7-6-8-13(16(12)26-15)19(21,22)23/h6-8,11H,5,9-10H2,1-4H3,(H,25,26). The van der Waals surface area contributed by atoms with Gasteiger partial charge in [-0.25, -0.2) is 9.37 Å². The second-order valence-electron chi connectivity index (χ2n) is 7.55. The molecule has 1 atom stereocenters.